The molecule has 1 fully saturated rings. The van der Waals surface area contributed by atoms with E-state index in [1.54, 1.807) is 6.07 Å². The van der Waals surface area contributed by atoms with Crippen molar-refractivity contribution in [2.75, 3.05) is 13.1 Å². The highest BCUT2D eigenvalue weighted by molar-refractivity contribution is 5.65. The van der Waals surface area contributed by atoms with Crippen LogP contribution in [0.2, 0.25) is 0 Å². The van der Waals surface area contributed by atoms with Gasteiger partial charge < -0.3 is 4.57 Å². The molecule has 2 aliphatic rings. The number of benzene rings is 1. The molecule has 29 heavy (non-hydrogen) atoms. The van der Waals surface area contributed by atoms with Crippen LogP contribution in [0.15, 0.2) is 59.9 Å². The van der Waals surface area contributed by atoms with Crippen molar-refractivity contribution in [1.82, 2.24) is 19.4 Å². The molecule has 5 rings (SSSR count). The van der Waals surface area contributed by atoms with Crippen LogP contribution in [0.25, 0.3) is 11.1 Å². The van der Waals surface area contributed by atoms with Gasteiger partial charge in [0.1, 0.15) is 6.33 Å². The van der Waals surface area contributed by atoms with E-state index in [-0.39, 0.29) is 5.56 Å². The molecule has 0 amide bonds. The van der Waals surface area contributed by atoms with E-state index < -0.39 is 0 Å². The molecule has 1 saturated heterocycles. The molecule has 0 spiro atoms. The van der Waals surface area contributed by atoms with Crippen LogP contribution in [-0.2, 0) is 13.1 Å². The Morgan fingerprint density at radius 1 is 1.10 bits per heavy atom. The van der Waals surface area contributed by atoms with Crippen LogP contribution in [0.5, 0.6) is 0 Å². The summed E-state index contributed by atoms with van der Waals surface area (Å²) in [6.07, 6.45) is 6.25. The van der Waals surface area contributed by atoms with Crippen LogP contribution in [0.3, 0.4) is 0 Å². The smallest absolute Gasteiger partial charge is 0.250 e. The molecule has 0 unspecified atom stereocenters. The third kappa shape index (κ3) is 3.34. The van der Waals surface area contributed by atoms with Crippen LogP contribution in [0.1, 0.15) is 29.2 Å². The number of hydrogen-bond acceptors (Lipinski definition) is 5. The summed E-state index contributed by atoms with van der Waals surface area (Å²) in [4.78, 5) is 23.4. The molecule has 0 saturated carbocycles. The van der Waals surface area contributed by atoms with Crippen LogP contribution >= 0.6 is 0 Å². The molecule has 144 valence electrons. The van der Waals surface area contributed by atoms with Gasteiger partial charge in [-0.15, -0.1) is 0 Å². The molecular formula is C23H21N5O. The van der Waals surface area contributed by atoms with Crippen molar-refractivity contribution in [3.05, 3.63) is 82.3 Å². The molecule has 6 heteroatoms. The summed E-state index contributed by atoms with van der Waals surface area (Å²) in [5.74, 6) is 0.756. The third-order valence-electron chi connectivity index (χ3n) is 6.00. The van der Waals surface area contributed by atoms with Crippen molar-refractivity contribution < 1.29 is 0 Å². The minimum atomic E-state index is 0.0745. The van der Waals surface area contributed by atoms with Gasteiger partial charge in [0.2, 0.25) is 0 Å². The maximum Gasteiger partial charge on any atom is 0.250 e. The summed E-state index contributed by atoms with van der Waals surface area (Å²) >= 11 is 0. The Bertz CT molecular complexity index is 1150. The second kappa shape index (κ2) is 7.26. The van der Waals surface area contributed by atoms with Crippen LogP contribution in [0.4, 0.5) is 0 Å². The van der Waals surface area contributed by atoms with Crippen molar-refractivity contribution in [3.63, 3.8) is 0 Å². The first-order valence-corrected chi connectivity index (χ1v) is 9.92. The van der Waals surface area contributed by atoms with Crippen molar-refractivity contribution in [3.8, 4) is 17.2 Å². The van der Waals surface area contributed by atoms with Gasteiger partial charge in [0.15, 0.2) is 0 Å². The highest BCUT2D eigenvalue weighted by Gasteiger charge is 2.36. The summed E-state index contributed by atoms with van der Waals surface area (Å²) < 4.78 is 1.97. The lowest BCUT2D eigenvalue weighted by Gasteiger charge is -2.43. The normalized spacial score (nSPS) is 20.7. The van der Waals surface area contributed by atoms with Crippen molar-refractivity contribution in [2.45, 2.75) is 25.4 Å². The monoisotopic (exact) mass is 383 g/mol. The molecule has 2 bridgehead atoms. The SMILES string of the molecule is N#Cc1cccc(CN2C[C@H]3C[C@H](C2)c2c(-c4cncnc4)ccc(=O)n2C3)c1. The Hall–Kier alpha value is -3.30. The Balaban J connectivity index is 1.49. The number of pyridine rings is 1. The fourth-order valence-electron chi connectivity index (χ4n) is 4.92. The second-order valence-electron chi connectivity index (χ2n) is 8.01. The Morgan fingerprint density at radius 3 is 2.79 bits per heavy atom. The number of aromatic nitrogens is 3. The molecule has 1 aromatic carbocycles. The standard InChI is InChI=1S/C23H21N5O/c24-8-16-2-1-3-17(6-16)11-27-12-18-7-19(14-27)23-21(20-9-25-15-26-10-20)4-5-22(29)28(23)13-18/h1-6,9-10,15,18-19H,7,11-14H2/t18-,19-/m1/s1. The lowest BCUT2D eigenvalue weighted by Crippen LogP contribution is -2.47. The minimum absolute atomic E-state index is 0.0745. The van der Waals surface area contributed by atoms with Gasteiger partial charge in [-0.2, -0.15) is 5.26 Å². The van der Waals surface area contributed by atoms with Gasteiger partial charge in [0.25, 0.3) is 5.56 Å². The largest absolute Gasteiger partial charge is 0.311 e. The summed E-state index contributed by atoms with van der Waals surface area (Å²) in [6.45, 7) is 3.44. The zero-order valence-electron chi connectivity index (χ0n) is 16.0. The number of fused-ring (bicyclic) bond motifs is 4. The second-order valence-corrected chi connectivity index (χ2v) is 8.01. The van der Waals surface area contributed by atoms with Crippen LogP contribution < -0.4 is 5.56 Å². The maximum absolute atomic E-state index is 12.6. The summed E-state index contributed by atoms with van der Waals surface area (Å²) in [5, 5.41) is 9.17. The van der Waals surface area contributed by atoms with Crippen LogP contribution in [-0.4, -0.2) is 32.5 Å². The van der Waals surface area contributed by atoms with Gasteiger partial charge in [-0.3, -0.25) is 9.69 Å². The number of hydrogen-bond donors (Lipinski definition) is 0. The van der Waals surface area contributed by atoms with Crippen LogP contribution in [0, 0.1) is 17.2 Å². The van der Waals surface area contributed by atoms with Crippen molar-refractivity contribution >= 4 is 0 Å². The quantitative estimate of drug-likeness (QED) is 0.695. The van der Waals surface area contributed by atoms with E-state index in [0.29, 0.717) is 17.4 Å². The lowest BCUT2D eigenvalue weighted by molar-refractivity contribution is 0.115. The lowest BCUT2D eigenvalue weighted by atomic mass is 9.80. The minimum Gasteiger partial charge on any atom is -0.311 e. The number of likely N-dealkylation sites (tertiary alicyclic amines) is 1. The molecule has 0 N–H and O–H groups in total. The molecule has 6 nitrogen and oxygen atoms in total. The molecule has 3 aromatic rings. The van der Waals surface area contributed by atoms with Gasteiger partial charge in [-0.25, -0.2) is 9.97 Å². The first-order chi connectivity index (χ1) is 14.2. The number of rotatable bonds is 3. The summed E-state index contributed by atoms with van der Waals surface area (Å²) in [5.41, 5.74) is 5.05. The zero-order chi connectivity index (χ0) is 19.8. The average molecular weight is 383 g/mol. The van der Waals surface area contributed by atoms with E-state index in [4.69, 9.17) is 5.26 Å². The number of nitriles is 1. The van der Waals surface area contributed by atoms with E-state index in [1.807, 2.05) is 41.2 Å². The molecule has 2 aromatic heterocycles. The molecule has 0 radical (unpaired) electrons. The van der Waals surface area contributed by atoms with E-state index >= 15 is 0 Å². The Kier molecular flexibility index (Phi) is 4.45. The van der Waals surface area contributed by atoms with Gasteiger partial charge in [0.05, 0.1) is 11.6 Å². The number of piperidine rings is 1. The van der Waals surface area contributed by atoms with E-state index in [9.17, 15) is 4.79 Å². The van der Waals surface area contributed by atoms with Gasteiger partial charge in [0, 0.05) is 67.4 Å². The third-order valence-corrected chi connectivity index (χ3v) is 6.00. The van der Waals surface area contributed by atoms with E-state index in [1.165, 1.54) is 6.33 Å². The van der Waals surface area contributed by atoms with Gasteiger partial charge >= 0.3 is 0 Å². The van der Waals surface area contributed by atoms with E-state index in [0.717, 1.165) is 55.0 Å². The van der Waals surface area contributed by atoms with Gasteiger partial charge in [-0.05, 0) is 36.1 Å². The predicted molar refractivity (Wildman–Crippen MR) is 109 cm³/mol. The fraction of sp³-hybridized carbons (Fsp3) is 0.304. The first kappa shape index (κ1) is 17.8. The number of nitrogens with zero attached hydrogens (tertiary/aromatic N) is 5. The molecule has 4 heterocycles. The Morgan fingerprint density at radius 2 is 1.97 bits per heavy atom. The maximum atomic E-state index is 12.6. The first-order valence-electron chi connectivity index (χ1n) is 9.92. The fourth-order valence-corrected chi connectivity index (χ4v) is 4.92. The van der Waals surface area contributed by atoms with Crippen molar-refractivity contribution in [1.29, 1.82) is 5.26 Å². The topological polar surface area (TPSA) is 74.8 Å². The van der Waals surface area contributed by atoms with Gasteiger partial charge in [-0.1, -0.05) is 12.1 Å². The molecule has 2 atom stereocenters. The molecule has 0 aliphatic carbocycles. The predicted octanol–water partition coefficient (Wildman–Crippen LogP) is 2.80. The highest BCUT2D eigenvalue weighted by atomic mass is 16.1. The zero-order valence-corrected chi connectivity index (χ0v) is 16.0. The average Bonchev–Trinajstić information content (AvgIpc) is 2.75. The highest BCUT2D eigenvalue weighted by Crippen LogP contribution is 2.39. The molecular weight excluding hydrogens is 362 g/mol. The Labute approximate surface area is 169 Å². The van der Waals surface area contributed by atoms with E-state index in [2.05, 4.69) is 27.0 Å². The van der Waals surface area contributed by atoms with Crippen molar-refractivity contribution in [2.24, 2.45) is 5.92 Å². The molecule has 2 aliphatic heterocycles. The summed E-state index contributed by atoms with van der Waals surface area (Å²) in [7, 11) is 0. The summed E-state index contributed by atoms with van der Waals surface area (Å²) in [6, 6.07) is 13.6.